The van der Waals surface area contributed by atoms with Crippen LogP contribution in [-0.2, 0) is 0 Å². The van der Waals surface area contributed by atoms with Gasteiger partial charge in [-0.05, 0) is 104 Å². The summed E-state index contributed by atoms with van der Waals surface area (Å²) in [5.74, 6) is 0. The van der Waals surface area contributed by atoms with Crippen molar-refractivity contribution in [2.24, 2.45) is 0 Å². The predicted molar refractivity (Wildman–Crippen MR) is 221 cm³/mol. The number of aromatic nitrogens is 1. The molecule has 244 valence electrons. The Morgan fingerprint density at radius 1 is 0.308 bits per heavy atom. The lowest BCUT2D eigenvalue weighted by Crippen LogP contribution is -2.10. The third kappa shape index (κ3) is 4.96. The van der Waals surface area contributed by atoms with Crippen LogP contribution in [0.3, 0.4) is 0 Å². The Hall–Kier alpha value is -6.90. The molecule has 0 aliphatic heterocycles. The molecule has 0 saturated heterocycles. The van der Waals surface area contributed by atoms with E-state index in [0.717, 1.165) is 22.7 Å². The van der Waals surface area contributed by atoms with Gasteiger partial charge in [-0.25, -0.2) is 0 Å². The van der Waals surface area contributed by atoms with Crippen LogP contribution >= 0.6 is 0 Å². The van der Waals surface area contributed by atoms with E-state index in [1.54, 1.807) is 0 Å². The minimum atomic E-state index is 1.10. The van der Waals surface area contributed by atoms with Gasteiger partial charge in [-0.3, -0.25) is 0 Å². The first kappa shape index (κ1) is 30.0. The minimum Gasteiger partial charge on any atom is -0.311 e. The third-order valence-corrected chi connectivity index (χ3v) is 10.4. The van der Waals surface area contributed by atoms with E-state index in [9.17, 15) is 0 Å². The second-order valence-corrected chi connectivity index (χ2v) is 13.3. The van der Waals surface area contributed by atoms with E-state index < -0.39 is 0 Å². The first-order chi connectivity index (χ1) is 25.8. The van der Waals surface area contributed by atoms with Crippen molar-refractivity contribution in [1.29, 1.82) is 0 Å². The Labute approximate surface area is 303 Å². The maximum Gasteiger partial charge on any atom is 0.0547 e. The van der Waals surface area contributed by atoms with E-state index in [-0.39, 0.29) is 0 Å². The molecule has 0 N–H and O–H groups in total. The molecule has 0 atom stereocenters. The maximum absolute atomic E-state index is 2.40. The zero-order valence-electron chi connectivity index (χ0n) is 28.5. The lowest BCUT2D eigenvalue weighted by molar-refractivity contribution is 1.17. The number of para-hydroxylation sites is 2. The monoisotopic (exact) mass is 662 g/mol. The molecule has 10 aromatic rings. The predicted octanol–water partition coefficient (Wildman–Crippen LogP) is 13.9. The molecule has 0 fully saturated rings. The zero-order valence-corrected chi connectivity index (χ0v) is 28.5. The van der Waals surface area contributed by atoms with Crippen LogP contribution in [0, 0.1) is 0 Å². The quantitative estimate of drug-likeness (QED) is 0.172. The highest BCUT2D eigenvalue weighted by molar-refractivity contribution is 6.21. The molecule has 0 amide bonds. The van der Waals surface area contributed by atoms with Crippen LogP contribution in [0.1, 0.15) is 0 Å². The summed E-state index contributed by atoms with van der Waals surface area (Å²) in [5, 5.41) is 7.63. The standard InChI is InChI=1S/C50H34N2/c1-3-13-35(14-4-1)43-22-11-16-38-17-12-23-44(49(38)43)37-25-28-40(29-26-37)51(39-18-5-2-6-19-39)41-30-32-42(33-31-41)52-47-24-10-9-21-46(47)50-45-20-8-7-15-36(45)27-34-48(50)52/h1-34H. The van der Waals surface area contributed by atoms with Crippen LogP contribution in [0.15, 0.2) is 206 Å². The summed E-state index contributed by atoms with van der Waals surface area (Å²) in [6.07, 6.45) is 0. The van der Waals surface area contributed by atoms with Crippen LogP contribution in [0.5, 0.6) is 0 Å². The number of anilines is 3. The van der Waals surface area contributed by atoms with Gasteiger partial charge >= 0.3 is 0 Å². The maximum atomic E-state index is 2.40. The summed E-state index contributed by atoms with van der Waals surface area (Å²) in [6.45, 7) is 0. The Bertz CT molecular complexity index is 2860. The summed E-state index contributed by atoms with van der Waals surface area (Å²) in [5.41, 5.74) is 11.8. The molecule has 1 heterocycles. The Balaban J connectivity index is 1.07. The molecule has 0 unspecified atom stereocenters. The van der Waals surface area contributed by atoms with E-state index in [4.69, 9.17) is 0 Å². The molecule has 9 aromatic carbocycles. The number of rotatable bonds is 6. The molecule has 52 heavy (non-hydrogen) atoms. The SMILES string of the molecule is c1ccc(-c2cccc3cccc(-c4ccc(N(c5ccccc5)c5ccc(-n6c7ccccc7c7c8ccccc8ccc76)cc5)cc4)c23)cc1. The van der Waals surface area contributed by atoms with Gasteiger partial charge in [-0.2, -0.15) is 0 Å². The lowest BCUT2D eigenvalue weighted by Gasteiger charge is -2.26. The average molecular weight is 663 g/mol. The molecule has 0 spiro atoms. The number of hydrogen-bond acceptors (Lipinski definition) is 1. The molecular weight excluding hydrogens is 629 g/mol. The van der Waals surface area contributed by atoms with E-state index >= 15 is 0 Å². The van der Waals surface area contributed by atoms with Gasteiger partial charge in [-0.1, -0.05) is 146 Å². The number of benzene rings is 9. The summed E-state index contributed by atoms with van der Waals surface area (Å²) in [7, 11) is 0. The highest BCUT2D eigenvalue weighted by Crippen LogP contribution is 2.41. The van der Waals surface area contributed by atoms with Crippen molar-refractivity contribution in [2.45, 2.75) is 0 Å². The second-order valence-electron chi connectivity index (χ2n) is 13.3. The minimum absolute atomic E-state index is 1.10. The third-order valence-electron chi connectivity index (χ3n) is 10.4. The summed E-state index contributed by atoms with van der Waals surface area (Å²) in [6, 6.07) is 74.5. The molecule has 10 rings (SSSR count). The fraction of sp³-hybridized carbons (Fsp3) is 0. The molecule has 2 heteroatoms. The van der Waals surface area contributed by atoms with Gasteiger partial charge in [0, 0.05) is 33.5 Å². The molecule has 0 bridgehead atoms. The summed E-state index contributed by atoms with van der Waals surface area (Å²) < 4.78 is 2.40. The van der Waals surface area contributed by atoms with Gasteiger partial charge in [0.05, 0.1) is 11.0 Å². The average Bonchev–Trinajstić information content (AvgIpc) is 3.57. The van der Waals surface area contributed by atoms with E-state index in [0.29, 0.717) is 0 Å². The van der Waals surface area contributed by atoms with Crippen molar-refractivity contribution >= 4 is 60.4 Å². The molecule has 1 aromatic heterocycles. The van der Waals surface area contributed by atoms with Gasteiger partial charge in [0.25, 0.3) is 0 Å². The van der Waals surface area contributed by atoms with Crippen LogP contribution in [-0.4, -0.2) is 4.57 Å². The molecule has 0 aliphatic carbocycles. The van der Waals surface area contributed by atoms with Crippen molar-refractivity contribution in [3.8, 4) is 27.9 Å². The first-order valence-electron chi connectivity index (χ1n) is 17.9. The summed E-state index contributed by atoms with van der Waals surface area (Å²) in [4.78, 5) is 2.34. The van der Waals surface area contributed by atoms with Crippen molar-refractivity contribution in [1.82, 2.24) is 4.57 Å². The Morgan fingerprint density at radius 3 is 1.56 bits per heavy atom. The van der Waals surface area contributed by atoms with Gasteiger partial charge < -0.3 is 9.47 Å². The first-order valence-corrected chi connectivity index (χ1v) is 17.9. The van der Waals surface area contributed by atoms with Crippen molar-refractivity contribution in [2.75, 3.05) is 4.90 Å². The van der Waals surface area contributed by atoms with Crippen molar-refractivity contribution in [3.63, 3.8) is 0 Å². The molecule has 0 radical (unpaired) electrons. The van der Waals surface area contributed by atoms with E-state index in [1.807, 2.05) is 0 Å². The Kier molecular flexibility index (Phi) is 7.18. The number of fused-ring (bicyclic) bond motifs is 6. The van der Waals surface area contributed by atoms with Gasteiger partial charge in [0.15, 0.2) is 0 Å². The van der Waals surface area contributed by atoms with Crippen LogP contribution < -0.4 is 4.90 Å². The largest absolute Gasteiger partial charge is 0.311 e. The highest BCUT2D eigenvalue weighted by atomic mass is 15.1. The van der Waals surface area contributed by atoms with Crippen LogP contribution in [0.4, 0.5) is 17.1 Å². The van der Waals surface area contributed by atoms with Gasteiger partial charge in [-0.15, -0.1) is 0 Å². The lowest BCUT2D eigenvalue weighted by atomic mass is 9.91. The highest BCUT2D eigenvalue weighted by Gasteiger charge is 2.17. The van der Waals surface area contributed by atoms with Crippen molar-refractivity contribution in [3.05, 3.63) is 206 Å². The summed E-state index contributed by atoms with van der Waals surface area (Å²) >= 11 is 0. The van der Waals surface area contributed by atoms with Crippen LogP contribution in [0.25, 0.3) is 71.3 Å². The number of nitrogens with zero attached hydrogens (tertiary/aromatic N) is 2. The Morgan fingerprint density at radius 2 is 0.846 bits per heavy atom. The van der Waals surface area contributed by atoms with Crippen molar-refractivity contribution < 1.29 is 0 Å². The van der Waals surface area contributed by atoms with Gasteiger partial charge in [0.1, 0.15) is 0 Å². The fourth-order valence-corrected chi connectivity index (χ4v) is 8.02. The number of hydrogen-bond donors (Lipinski definition) is 0. The molecular formula is C50H34N2. The van der Waals surface area contributed by atoms with E-state index in [1.165, 1.54) is 65.6 Å². The van der Waals surface area contributed by atoms with E-state index in [2.05, 4.69) is 216 Å². The van der Waals surface area contributed by atoms with Gasteiger partial charge in [0.2, 0.25) is 0 Å². The fourth-order valence-electron chi connectivity index (χ4n) is 8.02. The molecule has 0 saturated carbocycles. The molecule has 0 aliphatic rings. The zero-order chi connectivity index (χ0) is 34.4. The second kappa shape index (κ2) is 12.5. The smallest absolute Gasteiger partial charge is 0.0547 e. The normalized spacial score (nSPS) is 11.5. The molecule has 2 nitrogen and oxygen atoms in total. The topological polar surface area (TPSA) is 8.17 Å². The van der Waals surface area contributed by atoms with Crippen LogP contribution in [0.2, 0.25) is 0 Å².